The molecule has 0 aromatic heterocycles. The summed E-state index contributed by atoms with van der Waals surface area (Å²) in [5, 5.41) is 23.0. The summed E-state index contributed by atoms with van der Waals surface area (Å²) in [5.74, 6) is 0. The maximum atomic E-state index is 10.8. The van der Waals surface area contributed by atoms with Gasteiger partial charge >= 0.3 is 0 Å². The first-order chi connectivity index (χ1) is 7.56. The van der Waals surface area contributed by atoms with Crippen LogP contribution in [0.2, 0.25) is 0 Å². The van der Waals surface area contributed by atoms with Crippen LogP contribution in [0.5, 0.6) is 0 Å². The third kappa shape index (κ3) is 2.17. The Kier molecular flexibility index (Phi) is 2.86. The number of rotatable bonds is 4. The Morgan fingerprint density at radius 1 is 1.56 bits per heavy atom. The van der Waals surface area contributed by atoms with Crippen LogP contribution < -0.4 is 5.32 Å². The molecule has 0 saturated heterocycles. The third-order valence-corrected chi connectivity index (χ3v) is 3.20. The second-order valence-electron chi connectivity index (χ2n) is 3.98. The summed E-state index contributed by atoms with van der Waals surface area (Å²) in [6.45, 7) is -0.00331. The van der Waals surface area contributed by atoms with Gasteiger partial charge in [-0.1, -0.05) is 15.9 Å². The van der Waals surface area contributed by atoms with Crippen molar-refractivity contribution in [2.75, 3.05) is 11.9 Å². The molecule has 0 bridgehead atoms. The predicted octanol–water partition coefficient (Wildman–Crippen LogP) is 2.29. The fraction of sp³-hybridized carbons (Fsp3) is 0.400. The van der Waals surface area contributed by atoms with Crippen molar-refractivity contribution in [2.45, 2.75) is 18.4 Å². The molecule has 1 aliphatic carbocycles. The summed E-state index contributed by atoms with van der Waals surface area (Å²) in [7, 11) is 0. The van der Waals surface area contributed by atoms with E-state index in [1.807, 2.05) is 0 Å². The lowest BCUT2D eigenvalue weighted by atomic mass is 10.2. The monoisotopic (exact) mass is 286 g/mol. The summed E-state index contributed by atoms with van der Waals surface area (Å²) in [6, 6.07) is 4.73. The highest BCUT2D eigenvalue weighted by Crippen LogP contribution is 2.41. The van der Waals surface area contributed by atoms with E-state index in [2.05, 4.69) is 21.2 Å². The Labute approximate surface area is 101 Å². The molecule has 0 spiro atoms. The predicted molar refractivity (Wildman–Crippen MR) is 63.5 cm³/mol. The van der Waals surface area contributed by atoms with Crippen molar-refractivity contribution < 1.29 is 10.0 Å². The number of nitro benzene ring substituents is 1. The molecule has 2 rings (SSSR count). The summed E-state index contributed by atoms with van der Waals surface area (Å²) < 4.78 is 0.773. The smallest absolute Gasteiger partial charge is 0.292 e. The van der Waals surface area contributed by atoms with Gasteiger partial charge in [0.1, 0.15) is 5.69 Å². The fourth-order valence-electron chi connectivity index (χ4n) is 1.53. The lowest BCUT2D eigenvalue weighted by Crippen LogP contribution is -2.25. The van der Waals surface area contributed by atoms with Gasteiger partial charge < -0.3 is 10.4 Å². The minimum atomic E-state index is -0.428. The SMILES string of the molecule is O=[N+]([O-])c1ccc(Br)cc1NC1(CO)CC1. The zero-order valence-electron chi connectivity index (χ0n) is 8.44. The van der Waals surface area contributed by atoms with Crippen LogP contribution in [-0.2, 0) is 0 Å². The number of nitro groups is 1. The summed E-state index contributed by atoms with van der Waals surface area (Å²) in [6.07, 6.45) is 1.68. The number of nitrogens with zero attached hydrogens (tertiary/aromatic N) is 1. The fourth-order valence-corrected chi connectivity index (χ4v) is 1.89. The van der Waals surface area contributed by atoms with Crippen molar-refractivity contribution >= 4 is 27.3 Å². The maximum Gasteiger partial charge on any atom is 0.292 e. The van der Waals surface area contributed by atoms with E-state index in [9.17, 15) is 15.2 Å². The molecule has 1 aromatic carbocycles. The molecule has 1 saturated carbocycles. The van der Waals surface area contributed by atoms with E-state index in [0.29, 0.717) is 5.69 Å². The number of halogens is 1. The largest absolute Gasteiger partial charge is 0.394 e. The van der Waals surface area contributed by atoms with Gasteiger partial charge in [-0.2, -0.15) is 0 Å². The first-order valence-corrected chi connectivity index (χ1v) is 5.69. The average molecular weight is 287 g/mol. The molecule has 16 heavy (non-hydrogen) atoms. The second kappa shape index (κ2) is 4.03. The van der Waals surface area contributed by atoms with Crippen LogP contribution in [0.1, 0.15) is 12.8 Å². The molecule has 0 unspecified atom stereocenters. The Balaban J connectivity index is 2.31. The Morgan fingerprint density at radius 3 is 2.75 bits per heavy atom. The summed E-state index contributed by atoms with van der Waals surface area (Å²) in [5.41, 5.74) is 0.125. The highest BCUT2D eigenvalue weighted by Gasteiger charge is 2.43. The van der Waals surface area contributed by atoms with Gasteiger partial charge in [0, 0.05) is 10.5 Å². The molecule has 0 radical (unpaired) electrons. The summed E-state index contributed by atoms with van der Waals surface area (Å²) in [4.78, 5) is 10.4. The molecule has 86 valence electrons. The van der Waals surface area contributed by atoms with Crippen LogP contribution in [0.4, 0.5) is 11.4 Å². The van der Waals surface area contributed by atoms with E-state index < -0.39 is 4.92 Å². The van der Waals surface area contributed by atoms with E-state index in [4.69, 9.17) is 0 Å². The van der Waals surface area contributed by atoms with Crippen LogP contribution in [0.3, 0.4) is 0 Å². The number of hydrogen-bond donors (Lipinski definition) is 2. The van der Waals surface area contributed by atoms with E-state index >= 15 is 0 Å². The first-order valence-electron chi connectivity index (χ1n) is 4.89. The van der Waals surface area contributed by atoms with E-state index in [1.165, 1.54) is 6.07 Å². The number of nitrogens with one attached hydrogen (secondary N) is 1. The third-order valence-electron chi connectivity index (χ3n) is 2.71. The number of benzene rings is 1. The molecule has 0 amide bonds. The van der Waals surface area contributed by atoms with E-state index in [-0.39, 0.29) is 17.8 Å². The van der Waals surface area contributed by atoms with Gasteiger partial charge in [-0.3, -0.25) is 10.1 Å². The van der Waals surface area contributed by atoms with Crippen LogP contribution in [0.25, 0.3) is 0 Å². The molecule has 2 N–H and O–H groups in total. The normalized spacial score (nSPS) is 16.9. The first kappa shape index (κ1) is 11.3. The van der Waals surface area contributed by atoms with Crippen molar-refractivity contribution in [3.8, 4) is 0 Å². The van der Waals surface area contributed by atoms with Crippen LogP contribution >= 0.6 is 15.9 Å². The highest BCUT2D eigenvalue weighted by molar-refractivity contribution is 9.10. The lowest BCUT2D eigenvalue weighted by molar-refractivity contribution is -0.384. The van der Waals surface area contributed by atoms with Crippen LogP contribution in [-0.4, -0.2) is 22.2 Å². The van der Waals surface area contributed by atoms with Crippen molar-refractivity contribution in [1.82, 2.24) is 0 Å². The molecule has 0 heterocycles. The quantitative estimate of drug-likeness (QED) is 0.658. The van der Waals surface area contributed by atoms with Gasteiger partial charge in [-0.25, -0.2) is 0 Å². The van der Waals surface area contributed by atoms with Gasteiger partial charge in [0.2, 0.25) is 0 Å². The van der Waals surface area contributed by atoms with Crippen molar-refractivity contribution in [3.05, 3.63) is 32.8 Å². The summed E-state index contributed by atoms with van der Waals surface area (Å²) >= 11 is 3.27. The second-order valence-corrected chi connectivity index (χ2v) is 4.90. The van der Waals surface area contributed by atoms with E-state index in [1.54, 1.807) is 12.1 Å². The lowest BCUT2D eigenvalue weighted by Gasteiger charge is -2.15. The van der Waals surface area contributed by atoms with Gasteiger partial charge in [-0.05, 0) is 25.0 Å². The van der Waals surface area contributed by atoms with Crippen molar-refractivity contribution in [2.24, 2.45) is 0 Å². The van der Waals surface area contributed by atoms with Crippen LogP contribution in [0.15, 0.2) is 22.7 Å². The molecule has 0 atom stereocenters. The Morgan fingerprint density at radius 2 is 2.25 bits per heavy atom. The Bertz CT molecular complexity index is 432. The molecule has 1 aliphatic rings. The van der Waals surface area contributed by atoms with E-state index in [0.717, 1.165) is 17.3 Å². The molecule has 1 fully saturated rings. The zero-order chi connectivity index (χ0) is 11.8. The standard InChI is InChI=1S/C10H11BrN2O3/c11-7-1-2-9(13(15)16)8(5-7)12-10(6-14)3-4-10/h1-2,5,12,14H,3-4,6H2. The van der Waals surface area contributed by atoms with Gasteiger partial charge in [0.25, 0.3) is 5.69 Å². The minimum absolute atomic E-state index is 0.00331. The molecular formula is C10H11BrN2O3. The van der Waals surface area contributed by atoms with Gasteiger partial charge in [-0.15, -0.1) is 0 Å². The molecular weight excluding hydrogens is 276 g/mol. The maximum absolute atomic E-state index is 10.8. The van der Waals surface area contributed by atoms with Crippen LogP contribution in [0, 0.1) is 10.1 Å². The molecule has 0 aliphatic heterocycles. The topological polar surface area (TPSA) is 75.4 Å². The minimum Gasteiger partial charge on any atom is -0.394 e. The van der Waals surface area contributed by atoms with Gasteiger partial charge in [0.05, 0.1) is 17.1 Å². The van der Waals surface area contributed by atoms with Crippen molar-refractivity contribution in [3.63, 3.8) is 0 Å². The van der Waals surface area contributed by atoms with Gasteiger partial charge in [0.15, 0.2) is 0 Å². The zero-order valence-corrected chi connectivity index (χ0v) is 10.0. The number of aliphatic hydroxyl groups excluding tert-OH is 1. The molecule has 5 nitrogen and oxygen atoms in total. The molecule has 1 aromatic rings. The average Bonchev–Trinajstić information content (AvgIpc) is 2.98. The number of anilines is 1. The Hall–Kier alpha value is -1.14. The number of hydrogen-bond acceptors (Lipinski definition) is 4. The number of aliphatic hydroxyl groups is 1. The molecule has 6 heteroatoms. The van der Waals surface area contributed by atoms with Crippen molar-refractivity contribution in [1.29, 1.82) is 0 Å². The highest BCUT2D eigenvalue weighted by atomic mass is 79.9.